The van der Waals surface area contributed by atoms with Crippen LogP contribution in [0.4, 0.5) is 0 Å². The molecule has 0 N–H and O–H groups in total. The van der Waals surface area contributed by atoms with Crippen molar-refractivity contribution in [3.8, 4) is 56.2 Å². The lowest BCUT2D eigenvalue weighted by Crippen LogP contribution is -1.99. The molecule has 0 atom stereocenters. The Morgan fingerprint density at radius 3 is 1.31 bits per heavy atom. The topological polar surface area (TPSA) is 25.8 Å². The van der Waals surface area contributed by atoms with Gasteiger partial charge in [-0.05, 0) is 72.8 Å². The highest BCUT2D eigenvalue weighted by Crippen LogP contribution is 2.49. The highest BCUT2D eigenvalue weighted by atomic mass is 32.1. The number of rotatable bonds is 5. The first-order chi connectivity index (χ1) is 30.8. The second kappa shape index (κ2) is 14.0. The van der Waals surface area contributed by atoms with E-state index in [-0.39, 0.29) is 0 Å². The summed E-state index contributed by atoms with van der Waals surface area (Å²) in [7, 11) is 0. The number of thiophene rings is 2. The summed E-state index contributed by atoms with van der Waals surface area (Å²) in [6, 6.07) is 74.9. The molecule has 0 fully saturated rings. The van der Waals surface area contributed by atoms with Gasteiger partial charge in [0.2, 0.25) is 0 Å². The molecule has 0 aliphatic heterocycles. The highest BCUT2D eigenvalue weighted by molar-refractivity contribution is 7.26. The first kappa shape index (κ1) is 35.3. The van der Waals surface area contributed by atoms with Crippen molar-refractivity contribution in [1.29, 1.82) is 0 Å². The molecular formula is C58H34N2S2. The Labute approximate surface area is 365 Å². The summed E-state index contributed by atoms with van der Waals surface area (Å²) in [6.45, 7) is 0. The summed E-state index contributed by atoms with van der Waals surface area (Å²) < 4.78 is 5.01. The fraction of sp³-hybridized carbons (Fsp3) is 0. The van der Waals surface area contributed by atoms with E-state index in [0.29, 0.717) is 5.82 Å². The number of benzene rings is 10. The van der Waals surface area contributed by atoms with E-state index < -0.39 is 0 Å². The second-order valence-electron chi connectivity index (χ2n) is 15.9. The second-order valence-corrected chi connectivity index (χ2v) is 18.0. The lowest BCUT2D eigenvalue weighted by atomic mass is 9.83. The minimum atomic E-state index is 0.709. The molecule has 4 heteroatoms. The minimum Gasteiger partial charge on any atom is -0.228 e. The molecule has 0 bridgehead atoms. The molecule has 13 aromatic rings. The Morgan fingerprint density at radius 1 is 0.290 bits per heavy atom. The number of nitrogens with zero attached hydrogens (tertiary/aromatic N) is 2. The van der Waals surface area contributed by atoms with Crippen LogP contribution < -0.4 is 0 Å². The van der Waals surface area contributed by atoms with Crippen LogP contribution in [0.5, 0.6) is 0 Å². The summed E-state index contributed by atoms with van der Waals surface area (Å²) in [5, 5.41) is 12.1. The van der Waals surface area contributed by atoms with E-state index in [1.54, 1.807) is 0 Å². The molecule has 0 saturated heterocycles. The van der Waals surface area contributed by atoms with Crippen LogP contribution in [0.25, 0.3) is 129 Å². The van der Waals surface area contributed by atoms with E-state index >= 15 is 0 Å². The van der Waals surface area contributed by atoms with Crippen LogP contribution in [0.15, 0.2) is 206 Å². The van der Waals surface area contributed by atoms with E-state index in [4.69, 9.17) is 9.97 Å². The number of hydrogen-bond acceptors (Lipinski definition) is 4. The molecule has 2 nitrogen and oxygen atoms in total. The van der Waals surface area contributed by atoms with Gasteiger partial charge in [0.25, 0.3) is 0 Å². The van der Waals surface area contributed by atoms with E-state index in [1.165, 1.54) is 78.6 Å². The third-order valence-electron chi connectivity index (χ3n) is 12.5. The maximum absolute atomic E-state index is 5.70. The number of fused-ring (bicyclic) bond motifs is 9. The normalized spacial score (nSPS) is 11.9. The Bertz CT molecular complexity index is 3750. The molecule has 0 saturated carbocycles. The van der Waals surface area contributed by atoms with Crippen molar-refractivity contribution in [3.05, 3.63) is 206 Å². The molecule has 0 radical (unpaired) electrons. The Kier molecular flexibility index (Phi) is 7.99. The van der Waals surface area contributed by atoms with Crippen molar-refractivity contribution in [2.75, 3.05) is 0 Å². The molecule has 0 aliphatic rings. The predicted molar refractivity (Wildman–Crippen MR) is 268 cm³/mol. The first-order valence-corrected chi connectivity index (χ1v) is 22.6. The van der Waals surface area contributed by atoms with Crippen LogP contribution in [0.3, 0.4) is 0 Å². The zero-order valence-corrected chi connectivity index (χ0v) is 35.0. The molecule has 288 valence electrons. The minimum absolute atomic E-state index is 0.709. The molecule has 0 spiro atoms. The molecule has 3 aromatic heterocycles. The zero-order chi connectivity index (χ0) is 40.7. The molecule has 3 heterocycles. The number of aromatic nitrogens is 2. The van der Waals surface area contributed by atoms with Crippen molar-refractivity contribution in [2.45, 2.75) is 0 Å². The monoisotopic (exact) mass is 822 g/mol. The van der Waals surface area contributed by atoms with Gasteiger partial charge >= 0.3 is 0 Å². The van der Waals surface area contributed by atoms with Gasteiger partial charge in [-0.25, -0.2) is 9.97 Å². The number of hydrogen-bond donors (Lipinski definition) is 0. The molecule has 0 aliphatic carbocycles. The van der Waals surface area contributed by atoms with Crippen LogP contribution in [0, 0.1) is 0 Å². The summed E-state index contributed by atoms with van der Waals surface area (Å²) in [5.41, 5.74) is 9.82. The maximum atomic E-state index is 5.70. The molecular weight excluding hydrogens is 789 g/mol. The van der Waals surface area contributed by atoms with Gasteiger partial charge in [0.1, 0.15) is 0 Å². The largest absolute Gasteiger partial charge is 0.228 e. The lowest BCUT2D eigenvalue weighted by molar-refractivity contribution is 1.19. The van der Waals surface area contributed by atoms with Crippen LogP contribution in [-0.4, -0.2) is 9.97 Å². The highest BCUT2D eigenvalue weighted by Gasteiger charge is 2.24. The van der Waals surface area contributed by atoms with Crippen molar-refractivity contribution in [3.63, 3.8) is 0 Å². The summed E-state index contributed by atoms with van der Waals surface area (Å²) in [4.78, 5) is 11.4. The quantitative estimate of drug-likeness (QED) is 0.162. The Morgan fingerprint density at radius 2 is 0.742 bits per heavy atom. The Hall–Kier alpha value is -7.50. The van der Waals surface area contributed by atoms with Crippen molar-refractivity contribution in [2.24, 2.45) is 0 Å². The molecule has 10 aromatic carbocycles. The summed E-state index contributed by atoms with van der Waals surface area (Å²) >= 11 is 3.68. The van der Waals surface area contributed by atoms with Crippen LogP contribution in [0.1, 0.15) is 0 Å². The van der Waals surface area contributed by atoms with Crippen LogP contribution in [0.2, 0.25) is 0 Å². The van der Waals surface area contributed by atoms with Gasteiger partial charge in [-0.15, -0.1) is 22.7 Å². The zero-order valence-electron chi connectivity index (χ0n) is 33.3. The molecule has 0 unspecified atom stereocenters. The van der Waals surface area contributed by atoms with Crippen LogP contribution in [-0.2, 0) is 0 Å². The summed E-state index contributed by atoms with van der Waals surface area (Å²) in [5.74, 6) is 0.709. The molecule has 0 amide bonds. The third kappa shape index (κ3) is 5.41. The van der Waals surface area contributed by atoms with E-state index in [0.717, 1.165) is 44.4 Å². The smallest absolute Gasteiger partial charge is 0.161 e. The molecule has 62 heavy (non-hydrogen) atoms. The van der Waals surface area contributed by atoms with E-state index in [2.05, 4.69) is 206 Å². The SMILES string of the molecule is c1ccc(-c2c3ccccc3c(-c3ccc4ccccc4c3-c3nc(-c4cccc5c4sc4ccccc45)cc(-c4cccc5c4sc4ccccc45)n3)c3ccccc23)cc1. The van der Waals surface area contributed by atoms with Crippen molar-refractivity contribution >= 4 is 95.3 Å². The average molecular weight is 823 g/mol. The first-order valence-electron chi connectivity index (χ1n) is 21.0. The fourth-order valence-corrected chi connectivity index (χ4v) is 12.2. The van der Waals surface area contributed by atoms with Crippen molar-refractivity contribution < 1.29 is 0 Å². The van der Waals surface area contributed by atoms with Gasteiger partial charge in [0.15, 0.2) is 5.82 Å². The average Bonchev–Trinajstić information content (AvgIpc) is 3.92. The van der Waals surface area contributed by atoms with Gasteiger partial charge in [-0.3, -0.25) is 0 Å². The Balaban J connectivity index is 1.16. The van der Waals surface area contributed by atoms with Crippen molar-refractivity contribution in [1.82, 2.24) is 9.97 Å². The lowest BCUT2D eigenvalue weighted by Gasteiger charge is -2.21. The predicted octanol–water partition coefficient (Wildman–Crippen LogP) is 17.0. The maximum Gasteiger partial charge on any atom is 0.161 e. The van der Waals surface area contributed by atoms with Gasteiger partial charge in [0, 0.05) is 57.0 Å². The fourth-order valence-electron chi connectivity index (χ4n) is 9.79. The van der Waals surface area contributed by atoms with Gasteiger partial charge in [-0.2, -0.15) is 0 Å². The van der Waals surface area contributed by atoms with E-state index in [1.807, 2.05) is 22.7 Å². The van der Waals surface area contributed by atoms with Crippen LogP contribution >= 0.6 is 22.7 Å². The van der Waals surface area contributed by atoms with Gasteiger partial charge in [-0.1, -0.05) is 188 Å². The van der Waals surface area contributed by atoms with E-state index in [9.17, 15) is 0 Å². The van der Waals surface area contributed by atoms with Gasteiger partial charge < -0.3 is 0 Å². The standard InChI is InChI=1S/C58H34N2S2/c1-2-17-36(18-3-1)53-40-22-6-8-24-42(40)54(43-25-9-7-23-41(43)53)48-33-32-35-16-4-5-19-37(35)55(48)58-59-49(46-28-14-26-44-38-20-10-12-30-51(38)61-56(44)46)34-50(60-58)47-29-15-27-45-39-21-11-13-31-52(39)62-57(45)47/h1-34H. The third-order valence-corrected chi connectivity index (χ3v) is 14.9. The summed E-state index contributed by atoms with van der Waals surface area (Å²) in [6.07, 6.45) is 0. The molecule has 13 rings (SSSR count). The van der Waals surface area contributed by atoms with Gasteiger partial charge in [0.05, 0.1) is 11.4 Å².